The molecule has 152 valence electrons. The Bertz CT molecular complexity index is 1170. The molecule has 0 unspecified atom stereocenters. The van der Waals surface area contributed by atoms with Crippen LogP contribution in [0.3, 0.4) is 0 Å². The number of thiazole rings is 1. The molecule has 3 heterocycles. The zero-order valence-electron chi connectivity index (χ0n) is 17.0. The standard InChI is InChI=1S/C24H24N4OS/c1-29-20-6-4-5-18(14-20)19-7-8-21-22(15-19)30-24(26-21)27-23-13-17(9-10-25-23)16-28-11-2-3-12-28/h4-10,13-15H,2-3,11-12,16H2,1H3,(H,25,26,27). The van der Waals surface area contributed by atoms with Crippen molar-refractivity contribution in [1.82, 2.24) is 14.9 Å². The van der Waals surface area contributed by atoms with Crippen LogP contribution in [0.25, 0.3) is 21.3 Å². The van der Waals surface area contributed by atoms with E-state index in [1.54, 1.807) is 18.4 Å². The molecule has 0 atom stereocenters. The monoisotopic (exact) mass is 416 g/mol. The van der Waals surface area contributed by atoms with Crippen LogP contribution in [-0.4, -0.2) is 35.1 Å². The van der Waals surface area contributed by atoms with Gasteiger partial charge in [-0.05, 0) is 79.0 Å². The van der Waals surface area contributed by atoms with E-state index in [-0.39, 0.29) is 0 Å². The molecule has 1 aliphatic rings. The van der Waals surface area contributed by atoms with Gasteiger partial charge in [0, 0.05) is 12.7 Å². The summed E-state index contributed by atoms with van der Waals surface area (Å²) in [6, 6.07) is 18.7. The molecule has 1 saturated heterocycles. The van der Waals surface area contributed by atoms with E-state index >= 15 is 0 Å². The van der Waals surface area contributed by atoms with E-state index < -0.39 is 0 Å². The lowest BCUT2D eigenvalue weighted by atomic mass is 10.1. The third-order valence-corrected chi connectivity index (χ3v) is 6.39. The lowest BCUT2D eigenvalue weighted by molar-refractivity contribution is 0.331. The number of rotatable bonds is 6. The van der Waals surface area contributed by atoms with Crippen molar-refractivity contribution < 1.29 is 4.74 Å². The van der Waals surface area contributed by atoms with E-state index in [0.717, 1.165) is 44.6 Å². The number of nitrogens with one attached hydrogen (secondary N) is 1. The molecule has 5 nitrogen and oxygen atoms in total. The van der Waals surface area contributed by atoms with Crippen molar-refractivity contribution in [2.45, 2.75) is 19.4 Å². The summed E-state index contributed by atoms with van der Waals surface area (Å²) < 4.78 is 6.50. The molecule has 0 saturated carbocycles. The number of hydrogen-bond acceptors (Lipinski definition) is 6. The van der Waals surface area contributed by atoms with Gasteiger partial charge in [0.15, 0.2) is 5.13 Å². The summed E-state index contributed by atoms with van der Waals surface area (Å²) in [5, 5.41) is 4.25. The Kier molecular flexibility index (Phi) is 5.34. The summed E-state index contributed by atoms with van der Waals surface area (Å²) in [6.45, 7) is 3.37. The molecular formula is C24H24N4OS. The third kappa shape index (κ3) is 4.15. The summed E-state index contributed by atoms with van der Waals surface area (Å²) in [5.41, 5.74) is 4.57. The zero-order valence-corrected chi connectivity index (χ0v) is 17.8. The largest absolute Gasteiger partial charge is 0.497 e. The second-order valence-electron chi connectivity index (χ2n) is 7.59. The SMILES string of the molecule is COc1cccc(-c2ccc3nc(Nc4cc(CN5CCCC5)ccn4)sc3c2)c1. The zero-order chi connectivity index (χ0) is 20.3. The minimum absolute atomic E-state index is 0.846. The number of aromatic nitrogens is 2. The Morgan fingerprint density at radius 3 is 2.77 bits per heavy atom. The number of fused-ring (bicyclic) bond motifs is 1. The highest BCUT2D eigenvalue weighted by Crippen LogP contribution is 2.32. The molecule has 0 spiro atoms. The fourth-order valence-corrected chi connectivity index (χ4v) is 4.82. The minimum atomic E-state index is 0.846. The van der Waals surface area contributed by atoms with Gasteiger partial charge >= 0.3 is 0 Å². The summed E-state index contributed by atoms with van der Waals surface area (Å²) in [7, 11) is 1.69. The lowest BCUT2D eigenvalue weighted by Crippen LogP contribution is -2.18. The highest BCUT2D eigenvalue weighted by molar-refractivity contribution is 7.22. The van der Waals surface area contributed by atoms with Crippen LogP contribution in [-0.2, 0) is 6.54 Å². The molecule has 1 aliphatic heterocycles. The molecule has 2 aromatic heterocycles. The first kappa shape index (κ1) is 19.0. The number of benzene rings is 2. The van der Waals surface area contributed by atoms with E-state index in [2.05, 4.69) is 57.7 Å². The maximum Gasteiger partial charge on any atom is 0.189 e. The maximum absolute atomic E-state index is 5.36. The second kappa shape index (κ2) is 8.42. The molecular weight excluding hydrogens is 392 g/mol. The maximum atomic E-state index is 5.36. The van der Waals surface area contributed by atoms with E-state index in [1.807, 2.05) is 18.3 Å². The summed E-state index contributed by atoms with van der Waals surface area (Å²) in [4.78, 5) is 11.7. The van der Waals surface area contributed by atoms with Crippen LogP contribution in [0.2, 0.25) is 0 Å². The van der Waals surface area contributed by atoms with Gasteiger partial charge in [0.1, 0.15) is 11.6 Å². The van der Waals surface area contributed by atoms with Crippen molar-refractivity contribution in [3.05, 3.63) is 66.4 Å². The number of ether oxygens (including phenoxy) is 1. The molecule has 6 heteroatoms. The van der Waals surface area contributed by atoms with E-state index in [0.29, 0.717) is 0 Å². The Morgan fingerprint density at radius 1 is 1.03 bits per heavy atom. The van der Waals surface area contributed by atoms with Gasteiger partial charge in [0.05, 0.1) is 17.3 Å². The summed E-state index contributed by atoms with van der Waals surface area (Å²) in [6.07, 6.45) is 4.49. The third-order valence-electron chi connectivity index (χ3n) is 5.46. The number of nitrogens with zero attached hydrogens (tertiary/aromatic N) is 3. The van der Waals surface area contributed by atoms with Gasteiger partial charge in [0.25, 0.3) is 0 Å². The van der Waals surface area contributed by atoms with Crippen molar-refractivity contribution in [2.75, 3.05) is 25.5 Å². The van der Waals surface area contributed by atoms with Crippen LogP contribution >= 0.6 is 11.3 Å². The van der Waals surface area contributed by atoms with Gasteiger partial charge in [-0.1, -0.05) is 29.5 Å². The predicted molar refractivity (Wildman–Crippen MR) is 124 cm³/mol. The van der Waals surface area contributed by atoms with E-state index in [4.69, 9.17) is 9.72 Å². The van der Waals surface area contributed by atoms with Crippen LogP contribution in [0, 0.1) is 0 Å². The second-order valence-corrected chi connectivity index (χ2v) is 8.62. The van der Waals surface area contributed by atoms with Crippen molar-refractivity contribution in [1.29, 1.82) is 0 Å². The highest BCUT2D eigenvalue weighted by Gasteiger charge is 2.12. The van der Waals surface area contributed by atoms with Gasteiger partial charge in [-0.25, -0.2) is 9.97 Å². The molecule has 0 radical (unpaired) electrons. The van der Waals surface area contributed by atoms with Gasteiger partial charge in [0.2, 0.25) is 0 Å². The molecule has 1 N–H and O–H groups in total. The molecule has 4 aromatic rings. The Balaban J connectivity index is 1.36. The Hall–Kier alpha value is -2.96. The van der Waals surface area contributed by atoms with E-state index in [1.165, 1.54) is 31.5 Å². The predicted octanol–water partition coefficient (Wildman–Crippen LogP) is 5.71. The number of pyridine rings is 1. The topological polar surface area (TPSA) is 50.3 Å². The summed E-state index contributed by atoms with van der Waals surface area (Å²) in [5.74, 6) is 1.71. The van der Waals surface area contributed by atoms with Crippen LogP contribution in [0.5, 0.6) is 5.75 Å². The molecule has 5 rings (SSSR count). The van der Waals surface area contributed by atoms with Crippen LogP contribution in [0.1, 0.15) is 18.4 Å². The quantitative estimate of drug-likeness (QED) is 0.436. The molecule has 0 bridgehead atoms. The fraction of sp³-hybridized carbons (Fsp3) is 0.250. The average molecular weight is 417 g/mol. The molecule has 30 heavy (non-hydrogen) atoms. The van der Waals surface area contributed by atoms with Crippen LogP contribution < -0.4 is 10.1 Å². The molecule has 1 fully saturated rings. The van der Waals surface area contributed by atoms with Gasteiger partial charge < -0.3 is 10.1 Å². The van der Waals surface area contributed by atoms with Crippen molar-refractivity contribution in [3.63, 3.8) is 0 Å². The fourth-order valence-electron chi connectivity index (χ4n) is 3.91. The Morgan fingerprint density at radius 2 is 1.90 bits per heavy atom. The van der Waals surface area contributed by atoms with Gasteiger partial charge in [-0.15, -0.1) is 0 Å². The number of anilines is 2. The lowest BCUT2D eigenvalue weighted by Gasteiger charge is -2.14. The first-order valence-corrected chi connectivity index (χ1v) is 11.1. The summed E-state index contributed by atoms with van der Waals surface area (Å²) >= 11 is 1.65. The van der Waals surface area contributed by atoms with E-state index in [9.17, 15) is 0 Å². The molecule has 0 amide bonds. The van der Waals surface area contributed by atoms with Crippen LogP contribution in [0.4, 0.5) is 10.9 Å². The smallest absolute Gasteiger partial charge is 0.189 e. The first-order chi connectivity index (χ1) is 14.8. The highest BCUT2D eigenvalue weighted by atomic mass is 32.1. The first-order valence-electron chi connectivity index (χ1n) is 10.3. The van der Waals surface area contributed by atoms with Gasteiger partial charge in [-0.3, -0.25) is 4.90 Å². The number of methoxy groups -OCH3 is 1. The number of likely N-dealkylation sites (tertiary alicyclic amines) is 1. The average Bonchev–Trinajstić information content (AvgIpc) is 3.42. The minimum Gasteiger partial charge on any atom is -0.497 e. The Labute approximate surface area is 180 Å². The van der Waals surface area contributed by atoms with Crippen molar-refractivity contribution in [3.8, 4) is 16.9 Å². The number of hydrogen-bond donors (Lipinski definition) is 1. The normalized spacial score (nSPS) is 14.3. The van der Waals surface area contributed by atoms with Gasteiger partial charge in [-0.2, -0.15) is 0 Å². The van der Waals surface area contributed by atoms with Crippen molar-refractivity contribution >= 4 is 32.5 Å². The van der Waals surface area contributed by atoms with Crippen LogP contribution in [0.15, 0.2) is 60.8 Å². The van der Waals surface area contributed by atoms with Crippen molar-refractivity contribution in [2.24, 2.45) is 0 Å². The molecule has 2 aromatic carbocycles. The molecule has 0 aliphatic carbocycles.